The van der Waals surface area contributed by atoms with Gasteiger partial charge in [0, 0.05) is 43.8 Å². The summed E-state index contributed by atoms with van der Waals surface area (Å²) in [5, 5.41) is 3.08. The number of benzene rings is 4. The third-order valence-electron chi connectivity index (χ3n) is 7.87. The van der Waals surface area contributed by atoms with Crippen molar-refractivity contribution < 1.29 is 7.86 Å². The molecule has 0 spiro atoms. The van der Waals surface area contributed by atoms with Crippen molar-refractivity contribution in [3.63, 3.8) is 0 Å². The van der Waals surface area contributed by atoms with Crippen LogP contribution in [0, 0.1) is 0 Å². The zero-order valence-electron chi connectivity index (χ0n) is 22.5. The molecule has 12 heteroatoms. The normalized spacial score (nSPS) is 11.6. The number of hydrogen-bond donors (Lipinski definition) is 2. The van der Waals surface area contributed by atoms with E-state index in [2.05, 4.69) is 9.97 Å². The number of carbonyl (C=O) groups is 1. The summed E-state index contributed by atoms with van der Waals surface area (Å²) in [7, 11) is 0. The third kappa shape index (κ3) is 4.28. The Morgan fingerprint density at radius 2 is 0.911 bits per heavy atom. The number of aromatic nitrogens is 8. The van der Waals surface area contributed by atoms with Crippen LogP contribution < -0.4 is 0 Å². The molecule has 0 radical (unpaired) electrons. The van der Waals surface area contributed by atoms with Gasteiger partial charge in [-0.05, 0) is 6.07 Å². The Morgan fingerprint density at radius 1 is 0.511 bits per heavy atom. The molecule has 0 amide bonds. The molecule has 0 fully saturated rings. The number of fused-ring (bicyclic) bond motifs is 20. The van der Waals surface area contributed by atoms with Gasteiger partial charge in [0.2, 0.25) is 0 Å². The summed E-state index contributed by atoms with van der Waals surface area (Å²) in [6.45, 7) is 0. The molecular weight excluding hydrogens is 737 g/mol. The van der Waals surface area contributed by atoms with Gasteiger partial charge >= 0.3 is 25.8 Å². The first-order valence-corrected chi connectivity index (χ1v) is 14.6. The van der Waals surface area contributed by atoms with Crippen molar-refractivity contribution in [3.8, 4) is 45.6 Å². The molecule has 45 heavy (non-hydrogen) atoms. The molecule has 7 aromatic rings. The molecule has 0 aliphatic carbocycles. The molecule has 214 valence electrons. The topological polar surface area (TPSA) is 135 Å². The predicted octanol–water partition coefficient (Wildman–Crippen LogP) is 6.19. The number of carbonyl (C=O) groups excluding carboxylic acids is 1. The number of hydrogen-bond acceptors (Lipinski definition) is 8. The molecule has 0 saturated carbocycles. The summed E-state index contributed by atoms with van der Waals surface area (Å²) in [6, 6.07) is 29.0. The van der Waals surface area contributed by atoms with Crippen molar-refractivity contribution in [3.05, 3.63) is 96.6 Å². The molecule has 0 saturated heterocycles. The molecule has 3 aromatic heterocycles. The van der Waals surface area contributed by atoms with E-state index in [9.17, 15) is 4.79 Å². The molecule has 2 aliphatic heterocycles. The van der Waals surface area contributed by atoms with Crippen LogP contribution in [-0.2, 0) is 3.07 Å². The summed E-state index contributed by atoms with van der Waals surface area (Å²) >= 11 is 1.60. The number of aromatic amines is 2. The van der Waals surface area contributed by atoms with Gasteiger partial charge in [-0.1, -0.05) is 84.9 Å². The van der Waals surface area contributed by atoms with E-state index in [0.29, 0.717) is 62.2 Å². The van der Waals surface area contributed by atoms with Crippen LogP contribution in [0.3, 0.4) is 0 Å². The van der Waals surface area contributed by atoms with E-state index in [1.165, 1.54) is 0 Å². The fourth-order valence-electron chi connectivity index (χ4n) is 5.90. The zero-order chi connectivity index (χ0) is 29.4. The number of H-pyrrole nitrogens is 2. The molecule has 2 aliphatic rings. The maximum absolute atomic E-state index is 12.9. The quantitative estimate of drug-likeness (QED) is 0.150. The zero-order valence-corrected chi connectivity index (χ0v) is 24.7. The number of halogens is 1. The average molecular weight is 757 g/mol. The number of nitrogens with one attached hydrogen (secondary N) is 2. The Hall–Kier alpha value is -4.92. The van der Waals surface area contributed by atoms with Crippen molar-refractivity contribution in [2.75, 3.05) is 0 Å². The second kappa shape index (κ2) is 10.6. The summed E-state index contributed by atoms with van der Waals surface area (Å²) < 4.78 is 5.10. The van der Waals surface area contributed by atoms with E-state index in [1.807, 2.05) is 78.9 Å². The first kappa shape index (κ1) is 27.6. The van der Waals surface area contributed by atoms with Crippen LogP contribution >= 0.6 is 23.0 Å². The first-order valence-electron chi connectivity index (χ1n) is 13.7. The van der Waals surface area contributed by atoms with E-state index >= 15 is 0 Å². The Bertz CT molecular complexity index is 2540. The Balaban J connectivity index is 0.00000300. The summed E-state index contributed by atoms with van der Waals surface area (Å²) in [5.41, 5.74) is 5.90. The van der Waals surface area contributed by atoms with Crippen LogP contribution in [-0.4, -0.2) is 65.6 Å². The van der Waals surface area contributed by atoms with E-state index in [-0.39, 0.29) is 19.8 Å². The molecular formula is C33H20GaIN8O2. The molecule has 0 atom stereocenters. The number of rotatable bonds is 1. The molecule has 10 nitrogen and oxygen atoms in total. The number of nitrogens with zero attached hydrogens (tertiary/aromatic N) is 6. The minimum absolute atomic E-state index is 0. The maximum atomic E-state index is 12.9. The van der Waals surface area contributed by atoms with Gasteiger partial charge in [-0.3, -0.25) is 0 Å². The van der Waals surface area contributed by atoms with Gasteiger partial charge in [0.15, 0.2) is 46.3 Å². The van der Waals surface area contributed by atoms with Crippen molar-refractivity contribution >= 4 is 92.9 Å². The van der Waals surface area contributed by atoms with Gasteiger partial charge in [0.1, 0.15) is 22.6 Å². The molecule has 4 aromatic carbocycles. The fourth-order valence-corrected chi connectivity index (χ4v) is 6.14. The first-order chi connectivity index (χ1) is 21.7. The fraction of sp³-hybridized carbons (Fsp3) is 0. The minimum atomic E-state index is -0.493. The SMILES string of the molecule is O=C(OI)c1cccc2c3nc4nc(nc5[nH]c(nc6nc(nc([nH]3)c12)-c1ccccc1-6)c1ccccc51)-c1ccccc1-4.[GaH3]. The van der Waals surface area contributed by atoms with Crippen molar-refractivity contribution in [1.29, 1.82) is 0 Å². The second-order valence-corrected chi connectivity index (χ2v) is 10.8. The molecule has 2 N–H and O–H groups in total. The second-order valence-electron chi connectivity index (χ2n) is 10.3. The van der Waals surface area contributed by atoms with E-state index in [0.717, 1.165) is 33.0 Å². The van der Waals surface area contributed by atoms with Gasteiger partial charge in [0.05, 0.1) is 5.56 Å². The van der Waals surface area contributed by atoms with E-state index in [4.69, 9.17) is 33.0 Å². The Morgan fingerprint density at radius 3 is 1.40 bits per heavy atom. The van der Waals surface area contributed by atoms with E-state index < -0.39 is 5.97 Å². The molecule has 9 rings (SSSR count). The molecule has 5 heterocycles. The van der Waals surface area contributed by atoms with E-state index in [1.54, 1.807) is 35.1 Å². The summed E-state index contributed by atoms with van der Waals surface area (Å²) in [6.07, 6.45) is 0. The Labute approximate surface area is 281 Å². The Kier molecular flexibility index (Phi) is 6.51. The van der Waals surface area contributed by atoms with Crippen molar-refractivity contribution in [1.82, 2.24) is 39.9 Å². The van der Waals surface area contributed by atoms with Crippen molar-refractivity contribution in [2.45, 2.75) is 0 Å². The monoisotopic (exact) mass is 756 g/mol. The van der Waals surface area contributed by atoms with Gasteiger partial charge in [-0.15, -0.1) is 0 Å². The van der Waals surface area contributed by atoms with Crippen LogP contribution in [0.5, 0.6) is 0 Å². The van der Waals surface area contributed by atoms with Crippen LogP contribution in [0.1, 0.15) is 10.4 Å². The average Bonchev–Trinajstić information content (AvgIpc) is 3.80. The van der Waals surface area contributed by atoms with Crippen LogP contribution in [0.2, 0.25) is 0 Å². The van der Waals surface area contributed by atoms with Crippen LogP contribution in [0.4, 0.5) is 0 Å². The van der Waals surface area contributed by atoms with Gasteiger partial charge in [0.25, 0.3) is 0 Å². The third-order valence-corrected chi connectivity index (χ3v) is 8.27. The summed E-state index contributed by atoms with van der Waals surface area (Å²) in [4.78, 5) is 49.4. The van der Waals surface area contributed by atoms with Crippen molar-refractivity contribution in [2.24, 2.45) is 0 Å². The van der Waals surface area contributed by atoms with Crippen LogP contribution in [0.25, 0.3) is 89.7 Å². The standard InChI is InChI=1S/C33H17IN8O2.Ga.3H/c34-44-33(43)23-15-7-14-22-24(23)32-41-30-21-13-6-5-12-20(21)28(39-30)37-26-17-9-2-1-8-16(17)25(35-26)36-27-18-10-3-4-11-19(18)29(38-27)40-31(22)42-32;;;;/h1-15H,(H2,35,36,37,38,39,40,41,42);;;;. The van der Waals surface area contributed by atoms with Gasteiger partial charge in [-0.2, -0.15) is 0 Å². The summed E-state index contributed by atoms with van der Waals surface area (Å²) in [5.74, 6) is 1.49. The molecule has 0 unspecified atom stereocenters. The molecule has 8 bridgehead atoms. The van der Waals surface area contributed by atoms with Gasteiger partial charge in [-0.25, -0.2) is 34.7 Å². The predicted molar refractivity (Wildman–Crippen MR) is 185 cm³/mol. The van der Waals surface area contributed by atoms with Crippen LogP contribution in [0.15, 0.2) is 91.0 Å². The van der Waals surface area contributed by atoms with Gasteiger partial charge < -0.3 is 13.0 Å².